The minimum absolute atomic E-state index is 0.0462. The van der Waals surface area contributed by atoms with Crippen LogP contribution in [0.1, 0.15) is 35.7 Å². The average Bonchev–Trinajstić information content (AvgIpc) is 3.18. The molecule has 3 heterocycles. The number of aromatic nitrogens is 4. The lowest BCUT2D eigenvalue weighted by Gasteiger charge is -2.21. The maximum atomic E-state index is 13.1. The Labute approximate surface area is 179 Å². The number of H-pyrrole nitrogens is 1. The molecule has 1 fully saturated rings. The lowest BCUT2D eigenvalue weighted by Crippen LogP contribution is -2.21. The van der Waals surface area contributed by atoms with Crippen molar-refractivity contribution in [2.24, 2.45) is 7.05 Å². The summed E-state index contributed by atoms with van der Waals surface area (Å²) in [7, 11) is 1.79. The molecule has 1 aromatic carbocycles. The van der Waals surface area contributed by atoms with Crippen molar-refractivity contribution in [2.45, 2.75) is 32.6 Å². The number of hydrogen-bond acceptors (Lipinski definition) is 5. The summed E-state index contributed by atoms with van der Waals surface area (Å²) in [5, 5.41) is 11.6. The zero-order valence-corrected chi connectivity index (χ0v) is 17.7. The van der Waals surface area contributed by atoms with Crippen LogP contribution in [0.25, 0.3) is 22.0 Å². The lowest BCUT2D eigenvalue weighted by molar-refractivity contribution is -0.124. The number of carbonyl (C=O) groups is 1. The van der Waals surface area contributed by atoms with Crippen molar-refractivity contribution < 1.29 is 4.79 Å². The van der Waals surface area contributed by atoms with Crippen LogP contribution >= 0.6 is 0 Å². The molecule has 0 aliphatic heterocycles. The van der Waals surface area contributed by atoms with Crippen LogP contribution in [0.2, 0.25) is 0 Å². The summed E-state index contributed by atoms with van der Waals surface area (Å²) < 4.78 is 1.68. The van der Waals surface area contributed by atoms with Crippen molar-refractivity contribution in [1.82, 2.24) is 19.7 Å². The highest BCUT2D eigenvalue weighted by Gasteiger charge is 2.29. The Hall–Kier alpha value is -3.74. The monoisotopic (exact) mass is 413 g/mol. The second-order valence-electron chi connectivity index (χ2n) is 8.31. The summed E-state index contributed by atoms with van der Waals surface area (Å²) in [5.41, 5.74) is 6.03. The van der Waals surface area contributed by atoms with E-state index in [1.807, 2.05) is 56.4 Å². The highest BCUT2D eigenvalue weighted by molar-refractivity contribution is 5.86. The van der Waals surface area contributed by atoms with Gasteiger partial charge in [0.05, 0.1) is 5.52 Å². The second kappa shape index (κ2) is 7.19. The van der Waals surface area contributed by atoms with Crippen molar-refractivity contribution in [3.05, 3.63) is 69.9 Å². The van der Waals surface area contributed by atoms with Gasteiger partial charge in [-0.25, -0.2) is 0 Å². The first-order valence-corrected chi connectivity index (χ1v) is 10.3. The predicted octanol–water partition coefficient (Wildman–Crippen LogP) is 4.13. The van der Waals surface area contributed by atoms with Gasteiger partial charge in [-0.2, -0.15) is 5.10 Å². The first kappa shape index (κ1) is 19.2. The number of pyridine rings is 2. The van der Waals surface area contributed by atoms with Gasteiger partial charge < -0.3 is 9.88 Å². The molecule has 0 atom stereocenters. The van der Waals surface area contributed by atoms with E-state index in [4.69, 9.17) is 0 Å². The van der Waals surface area contributed by atoms with E-state index >= 15 is 0 Å². The maximum absolute atomic E-state index is 13.1. The lowest BCUT2D eigenvalue weighted by atomic mass is 9.82. The number of aromatic amines is 1. The van der Waals surface area contributed by atoms with Crippen LogP contribution in [0.4, 0.5) is 11.5 Å². The average molecular weight is 413 g/mol. The van der Waals surface area contributed by atoms with Crippen molar-refractivity contribution in [3.63, 3.8) is 0 Å². The molecule has 1 aliphatic rings. The molecule has 5 rings (SSSR count). The van der Waals surface area contributed by atoms with Crippen LogP contribution in [0.3, 0.4) is 0 Å². The van der Waals surface area contributed by atoms with Crippen LogP contribution in [0, 0.1) is 13.8 Å². The summed E-state index contributed by atoms with van der Waals surface area (Å²) in [6, 6.07) is 11.7. The molecule has 0 bridgehead atoms. The van der Waals surface area contributed by atoms with E-state index < -0.39 is 0 Å². The third-order valence-electron chi connectivity index (χ3n) is 6.03. The number of nitrogens with zero attached hydrogens (tertiary/aromatic N) is 3. The highest BCUT2D eigenvalue weighted by atomic mass is 16.1. The fraction of sp³-hybridized carbons (Fsp3) is 0.250. The number of anilines is 2. The van der Waals surface area contributed by atoms with Crippen LogP contribution in [-0.2, 0) is 11.8 Å². The number of nitrogens with one attached hydrogen (secondary N) is 2. The number of Topliss-reactive ketones (excluding diaryl/α,β-unsaturated/α-hetero) is 1. The molecule has 3 aromatic heterocycles. The number of hydrogen-bond donors (Lipinski definition) is 2. The molecule has 2 N–H and O–H groups in total. The topological polar surface area (TPSA) is 92.7 Å². The smallest absolute Gasteiger partial charge is 0.258 e. The molecule has 1 saturated carbocycles. The van der Waals surface area contributed by atoms with Gasteiger partial charge in [0, 0.05) is 66.1 Å². The van der Waals surface area contributed by atoms with Crippen LogP contribution < -0.4 is 10.9 Å². The van der Waals surface area contributed by atoms with E-state index in [2.05, 4.69) is 20.5 Å². The zero-order valence-electron chi connectivity index (χ0n) is 17.7. The van der Waals surface area contributed by atoms with Crippen molar-refractivity contribution in [3.8, 4) is 11.1 Å². The molecule has 7 heteroatoms. The third-order valence-corrected chi connectivity index (χ3v) is 6.03. The molecular formula is C24H23N5O2. The van der Waals surface area contributed by atoms with E-state index in [9.17, 15) is 9.59 Å². The fourth-order valence-electron chi connectivity index (χ4n) is 4.12. The number of fused-ring (bicyclic) bond motifs is 1. The number of aryl methyl sites for hydroxylation is 3. The minimum Gasteiger partial charge on any atom is -0.339 e. The molecule has 0 radical (unpaired) electrons. The SMILES string of the molecule is Cc1cc2c(cn1)cc(-c1cc(Nc3cc(C4CC(=O)C4)[nH]n3)ccc1C)c(=O)n2C. The third kappa shape index (κ3) is 3.42. The number of carbonyl (C=O) groups excluding carboxylic acids is 1. The number of rotatable bonds is 4. The standard InChI is InChI=1S/C24H23N5O2/c1-13-4-5-17(26-23-11-21(27-28-23)15-7-18(30)8-15)10-19(13)20-9-16-12-25-14(2)6-22(16)29(3)24(20)31/h4-6,9-12,15H,7-8H2,1-3H3,(H2,26,27,28). The minimum atomic E-state index is -0.0462. The van der Waals surface area contributed by atoms with Crippen molar-refractivity contribution in [2.75, 3.05) is 5.32 Å². The molecule has 0 saturated heterocycles. The molecule has 0 unspecified atom stereocenters. The summed E-state index contributed by atoms with van der Waals surface area (Å²) in [4.78, 5) is 28.8. The fourth-order valence-corrected chi connectivity index (χ4v) is 4.12. The first-order valence-electron chi connectivity index (χ1n) is 10.3. The Morgan fingerprint density at radius 3 is 2.65 bits per heavy atom. The van der Waals surface area contributed by atoms with Gasteiger partial charge in [-0.3, -0.25) is 19.7 Å². The Kier molecular flexibility index (Phi) is 4.46. The van der Waals surface area contributed by atoms with Gasteiger partial charge in [-0.05, 0) is 49.2 Å². The highest BCUT2D eigenvalue weighted by Crippen LogP contribution is 2.34. The Morgan fingerprint density at radius 2 is 1.87 bits per heavy atom. The molecule has 1 aliphatic carbocycles. The summed E-state index contributed by atoms with van der Waals surface area (Å²) >= 11 is 0. The van der Waals surface area contributed by atoms with Gasteiger partial charge >= 0.3 is 0 Å². The Balaban J connectivity index is 1.51. The van der Waals surface area contributed by atoms with Gasteiger partial charge in [0.15, 0.2) is 5.82 Å². The van der Waals surface area contributed by atoms with Crippen molar-refractivity contribution in [1.29, 1.82) is 0 Å². The molecule has 0 spiro atoms. The Morgan fingerprint density at radius 1 is 1.06 bits per heavy atom. The maximum Gasteiger partial charge on any atom is 0.258 e. The van der Waals surface area contributed by atoms with Crippen LogP contribution in [0.15, 0.2) is 47.4 Å². The molecular weight excluding hydrogens is 390 g/mol. The number of benzene rings is 1. The van der Waals surface area contributed by atoms with E-state index in [0.717, 1.165) is 39.1 Å². The first-order chi connectivity index (χ1) is 14.9. The van der Waals surface area contributed by atoms with E-state index in [1.165, 1.54) is 0 Å². The van der Waals surface area contributed by atoms with Gasteiger partial charge in [-0.1, -0.05) is 6.07 Å². The summed E-state index contributed by atoms with van der Waals surface area (Å²) in [5.74, 6) is 1.22. The van der Waals surface area contributed by atoms with E-state index in [1.54, 1.807) is 11.6 Å². The van der Waals surface area contributed by atoms with Gasteiger partial charge in [0.1, 0.15) is 5.78 Å². The van der Waals surface area contributed by atoms with Gasteiger partial charge in [0.25, 0.3) is 5.56 Å². The normalized spacial score (nSPS) is 14.1. The summed E-state index contributed by atoms with van der Waals surface area (Å²) in [6.45, 7) is 3.91. The quantitative estimate of drug-likeness (QED) is 0.525. The molecule has 4 aromatic rings. The largest absolute Gasteiger partial charge is 0.339 e. The molecule has 31 heavy (non-hydrogen) atoms. The molecule has 7 nitrogen and oxygen atoms in total. The predicted molar refractivity (Wildman–Crippen MR) is 121 cm³/mol. The summed E-state index contributed by atoms with van der Waals surface area (Å²) in [6.07, 6.45) is 2.97. The molecule has 156 valence electrons. The second-order valence-corrected chi connectivity index (χ2v) is 8.31. The molecule has 0 amide bonds. The zero-order chi connectivity index (χ0) is 21.7. The van der Waals surface area contributed by atoms with Crippen molar-refractivity contribution >= 4 is 28.2 Å². The van der Waals surface area contributed by atoms with Gasteiger partial charge in [0.2, 0.25) is 0 Å². The number of ketones is 1. The van der Waals surface area contributed by atoms with Gasteiger partial charge in [-0.15, -0.1) is 0 Å². The van der Waals surface area contributed by atoms with Crippen LogP contribution in [-0.4, -0.2) is 25.5 Å². The van der Waals surface area contributed by atoms with Crippen LogP contribution in [0.5, 0.6) is 0 Å². The van der Waals surface area contributed by atoms with E-state index in [-0.39, 0.29) is 11.5 Å². The Bertz CT molecular complexity index is 1390. The van der Waals surface area contributed by atoms with E-state index in [0.29, 0.717) is 30.0 Å².